The minimum atomic E-state index is 0.0543. The van der Waals surface area contributed by atoms with Crippen LogP contribution in [0.1, 0.15) is 47.1 Å². The van der Waals surface area contributed by atoms with Crippen molar-refractivity contribution in [3.63, 3.8) is 0 Å². The molecule has 19 heavy (non-hydrogen) atoms. The van der Waals surface area contributed by atoms with Gasteiger partial charge in [0, 0.05) is 18.0 Å². The number of rotatable bonds is 2. The van der Waals surface area contributed by atoms with E-state index in [2.05, 4.69) is 5.16 Å². The molecule has 2 aromatic heterocycles. The molecular weight excluding hydrogens is 260 g/mol. The van der Waals surface area contributed by atoms with Crippen LogP contribution in [0.3, 0.4) is 0 Å². The average Bonchev–Trinajstić information content (AvgIpc) is 3.09. The molecule has 1 atom stereocenters. The quantitative estimate of drug-likeness (QED) is 0.844. The summed E-state index contributed by atoms with van der Waals surface area (Å²) in [6.07, 6.45) is 3.15. The average molecular weight is 276 g/mol. The number of hydrogen-bond donors (Lipinski definition) is 0. The molecule has 0 aliphatic carbocycles. The Bertz CT molecular complexity index is 562. The van der Waals surface area contributed by atoms with Gasteiger partial charge in [-0.1, -0.05) is 5.16 Å². The van der Waals surface area contributed by atoms with Crippen LogP contribution in [-0.2, 0) is 0 Å². The molecule has 0 radical (unpaired) electrons. The van der Waals surface area contributed by atoms with E-state index >= 15 is 0 Å². The number of thiophene rings is 1. The number of aromatic nitrogens is 1. The van der Waals surface area contributed by atoms with Crippen LogP contribution in [0.2, 0.25) is 0 Å². The summed E-state index contributed by atoms with van der Waals surface area (Å²) in [7, 11) is 0. The fourth-order valence-electron chi connectivity index (χ4n) is 2.58. The van der Waals surface area contributed by atoms with Gasteiger partial charge in [-0.2, -0.15) is 11.3 Å². The number of nitrogens with zero attached hydrogens (tertiary/aromatic N) is 2. The molecule has 0 spiro atoms. The number of aryl methyl sites for hydroxylation is 1. The highest BCUT2D eigenvalue weighted by molar-refractivity contribution is 7.08. The standard InChI is InChI=1S/C14H16N2O2S/c1-10-8-12(15-18-10)13-4-2-3-6-16(13)14(17)11-5-7-19-9-11/h5,7-9,13H,2-4,6H2,1H3/t13-/m0/s1. The second kappa shape index (κ2) is 5.17. The maximum Gasteiger partial charge on any atom is 0.255 e. The molecule has 1 saturated heterocycles. The number of piperidine rings is 1. The third-order valence-corrected chi connectivity index (χ3v) is 4.20. The van der Waals surface area contributed by atoms with Crippen molar-refractivity contribution in [2.24, 2.45) is 0 Å². The molecular formula is C14H16N2O2S. The molecule has 0 unspecified atom stereocenters. The molecule has 0 aromatic carbocycles. The number of likely N-dealkylation sites (tertiary alicyclic amines) is 1. The van der Waals surface area contributed by atoms with Gasteiger partial charge in [0.25, 0.3) is 5.91 Å². The van der Waals surface area contributed by atoms with Gasteiger partial charge in [0.05, 0.1) is 11.6 Å². The minimum absolute atomic E-state index is 0.0543. The first-order valence-electron chi connectivity index (χ1n) is 6.52. The molecule has 3 heterocycles. The van der Waals surface area contributed by atoms with Gasteiger partial charge in [0.1, 0.15) is 11.5 Å². The number of carbonyl (C=O) groups is 1. The predicted molar refractivity (Wildman–Crippen MR) is 73.2 cm³/mol. The fraction of sp³-hybridized carbons (Fsp3) is 0.429. The van der Waals surface area contributed by atoms with E-state index in [1.54, 1.807) is 11.3 Å². The summed E-state index contributed by atoms with van der Waals surface area (Å²) in [6, 6.07) is 3.87. The van der Waals surface area contributed by atoms with Gasteiger partial charge in [-0.25, -0.2) is 0 Å². The van der Waals surface area contributed by atoms with E-state index in [9.17, 15) is 4.79 Å². The normalized spacial score (nSPS) is 19.6. The van der Waals surface area contributed by atoms with Crippen LogP contribution in [0.15, 0.2) is 27.4 Å². The van der Waals surface area contributed by atoms with E-state index < -0.39 is 0 Å². The van der Waals surface area contributed by atoms with Crippen LogP contribution in [0.4, 0.5) is 0 Å². The largest absolute Gasteiger partial charge is 0.361 e. The maximum atomic E-state index is 12.5. The molecule has 100 valence electrons. The smallest absolute Gasteiger partial charge is 0.255 e. The van der Waals surface area contributed by atoms with Gasteiger partial charge in [0.2, 0.25) is 0 Å². The van der Waals surface area contributed by atoms with Crippen LogP contribution >= 0.6 is 11.3 Å². The van der Waals surface area contributed by atoms with Gasteiger partial charge in [-0.3, -0.25) is 4.79 Å². The van der Waals surface area contributed by atoms with E-state index in [-0.39, 0.29) is 11.9 Å². The molecule has 3 rings (SSSR count). The highest BCUT2D eigenvalue weighted by Crippen LogP contribution is 2.32. The number of amides is 1. The van der Waals surface area contributed by atoms with Gasteiger partial charge in [-0.05, 0) is 37.6 Å². The monoisotopic (exact) mass is 276 g/mol. The van der Waals surface area contributed by atoms with Crippen molar-refractivity contribution in [1.29, 1.82) is 0 Å². The summed E-state index contributed by atoms with van der Waals surface area (Å²) in [6.45, 7) is 2.68. The lowest BCUT2D eigenvalue weighted by molar-refractivity contribution is 0.0602. The molecule has 1 amide bonds. The van der Waals surface area contributed by atoms with Crippen LogP contribution in [-0.4, -0.2) is 22.5 Å². The zero-order chi connectivity index (χ0) is 13.2. The molecule has 1 aliphatic heterocycles. The Balaban J connectivity index is 1.87. The minimum Gasteiger partial charge on any atom is -0.361 e. The summed E-state index contributed by atoms with van der Waals surface area (Å²) < 4.78 is 5.15. The van der Waals surface area contributed by atoms with E-state index in [0.717, 1.165) is 42.8 Å². The molecule has 2 aromatic rings. The zero-order valence-corrected chi connectivity index (χ0v) is 11.7. The Morgan fingerprint density at radius 1 is 1.53 bits per heavy atom. The lowest BCUT2D eigenvalue weighted by atomic mass is 9.98. The summed E-state index contributed by atoms with van der Waals surface area (Å²) in [5, 5.41) is 7.93. The SMILES string of the molecule is Cc1cc([C@@H]2CCCCN2C(=O)c2ccsc2)no1. The molecule has 5 heteroatoms. The maximum absolute atomic E-state index is 12.5. The molecule has 1 aliphatic rings. The first kappa shape index (κ1) is 12.4. The van der Waals surface area contributed by atoms with Crippen LogP contribution in [0.5, 0.6) is 0 Å². The lowest BCUT2D eigenvalue weighted by Gasteiger charge is -2.34. The van der Waals surface area contributed by atoms with E-state index in [4.69, 9.17) is 4.52 Å². The van der Waals surface area contributed by atoms with Gasteiger partial charge >= 0.3 is 0 Å². The molecule has 4 nitrogen and oxygen atoms in total. The summed E-state index contributed by atoms with van der Waals surface area (Å²) in [4.78, 5) is 14.5. The Labute approximate surface area is 116 Å². The predicted octanol–water partition coefficient (Wildman–Crippen LogP) is 3.41. The summed E-state index contributed by atoms with van der Waals surface area (Å²) >= 11 is 1.55. The van der Waals surface area contributed by atoms with E-state index in [0.29, 0.717) is 0 Å². The molecule has 0 bridgehead atoms. The molecule has 1 fully saturated rings. The second-order valence-corrected chi connectivity index (χ2v) is 5.66. The summed E-state index contributed by atoms with van der Waals surface area (Å²) in [5.74, 6) is 0.898. The third-order valence-electron chi connectivity index (χ3n) is 3.52. The van der Waals surface area contributed by atoms with Crippen molar-refractivity contribution in [3.8, 4) is 0 Å². The second-order valence-electron chi connectivity index (χ2n) is 4.88. The highest BCUT2D eigenvalue weighted by Gasteiger charge is 2.30. The fourth-order valence-corrected chi connectivity index (χ4v) is 3.21. The van der Waals surface area contributed by atoms with Crippen molar-refractivity contribution in [3.05, 3.63) is 39.9 Å². The van der Waals surface area contributed by atoms with E-state index in [1.807, 2.05) is 34.7 Å². The Morgan fingerprint density at radius 2 is 2.42 bits per heavy atom. The van der Waals surface area contributed by atoms with Crippen molar-refractivity contribution in [1.82, 2.24) is 10.1 Å². The zero-order valence-electron chi connectivity index (χ0n) is 10.8. The lowest BCUT2D eigenvalue weighted by Crippen LogP contribution is -2.38. The number of carbonyl (C=O) groups excluding carboxylic acids is 1. The van der Waals surface area contributed by atoms with Crippen molar-refractivity contribution < 1.29 is 9.32 Å². The first-order chi connectivity index (χ1) is 9.25. The van der Waals surface area contributed by atoms with Crippen LogP contribution < -0.4 is 0 Å². The topological polar surface area (TPSA) is 46.3 Å². The summed E-state index contributed by atoms with van der Waals surface area (Å²) in [5.41, 5.74) is 1.65. The van der Waals surface area contributed by atoms with Crippen LogP contribution in [0.25, 0.3) is 0 Å². The Morgan fingerprint density at radius 3 is 3.11 bits per heavy atom. The van der Waals surface area contributed by atoms with Crippen molar-refractivity contribution in [2.75, 3.05) is 6.54 Å². The first-order valence-corrected chi connectivity index (χ1v) is 7.46. The molecule has 0 N–H and O–H groups in total. The van der Waals surface area contributed by atoms with Crippen molar-refractivity contribution in [2.45, 2.75) is 32.2 Å². The Kier molecular flexibility index (Phi) is 3.38. The van der Waals surface area contributed by atoms with Crippen molar-refractivity contribution >= 4 is 17.2 Å². The molecule has 0 saturated carbocycles. The third kappa shape index (κ3) is 2.42. The van der Waals surface area contributed by atoms with Gasteiger partial charge in [-0.15, -0.1) is 0 Å². The Hall–Kier alpha value is -1.62. The van der Waals surface area contributed by atoms with Gasteiger partial charge in [0.15, 0.2) is 0 Å². The van der Waals surface area contributed by atoms with Gasteiger partial charge < -0.3 is 9.42 Å². The van der Waals surface area contributed by atoms with Crippen LogP contribution in [0, 0.1) is 6.92 Å². The van der Waals surface area contributed by atoms with E-state index in [1.165, 1.54) is 0 Å². The number of hydrogen-bond acceptors (Lipinski definition) is 4. The highest BCUT2D eigenvalue weighted by atomic mass is 32.1.